The number of piperazine rings is 1. The third-order valence-corrected chi connectivity index (χ3v) is 4.44. The maximum absolute atomic E-state index is 2.53. The molecule has 0 aromatic carbocycles. The Hall–Kier alpha value is 1.04. The van der Waals surface area contributed by atoms with Crippen molar-refractivity contribution in [3.05, 3.63) is 0 Å². The van der Waals surface area contributed by atoms with Crippen LogP contribution in [0.5, 0.6) is 0 Å². The summed E-state index contributed by atoms with van der Waals surface area (Å²) in [6.07, 6.45) is 1.30. The van der Waals surface area contributed by atoms with Crippen LogP contribution in [0.25, 0.3) is 0 Å². The predicted molar refractivity (Wildman–Crippen MR) is 49.4 cm³/mol. The van der Waals surface area contributed by atoms with Crippen LogP contribution >= 0.6 is 0 Å². The molecule has 3 atom stereocenters. The number of rotatable bonds is 1. The van der Waals surface area contributed by atoms with E-state index in [1.54, 1.807) is 34.2 Å². The summed E-state index contributed by atoms with van der Waals surface area (Å²) in [6.45, 7) is 6.11. The zero-order valence-corrected chi connectivity index (χ0v) is 11.3. The Morgan fingerprint density at radius 1 is 1.40 bits per heavy atom. The molecule has 1 saturated heterocycles. The van der Waals surface area contributed by atoms with Gasteiger partial charge in [-0.2, -0.15) is 0 Å². The van der Waals surface area contributed by atoms with Crippen LogP contribution < -0.4 is 0 Å². The van der Waals surface area contributed by atoms with E-state index in [1.807, 2.05) is 0 Å². The molecule has 1 aliphatic heterocycles. The molecule has 0 radical (unpaired) electrons. The standard InChI is InChI=1S/C6H16As2N2/c1-2-6-5-9(7)3-4-10(6)8/h6H,2-5,7-8H2,1H3. The molecule has 1 rings (SSSR count). The van der Waals surface area contributed by atoms with Crippen molar-refractivity contribution in [2.45, 2.75) is 19.4 Å². The molecule has 1 aliphatic rings. The van der Waals surface area contributed by atoms with Crippen molar-refractivity contribution >= 4 is 34.2 Å². The van der Waals surface area contributed by atoms with Gasteiger partial charge in [-0.1, -0.05) is 0 Å². The van der Waals surface area contributed by atoms with E-state index in [-0.39, 0.29) is 0 Å². The molecule has 3 unspecified atom stereocenters. The second-order valence-corrected chi connectivity index (χ2v) is 5.72. The van der Waals surface area contributed by atoms with Gasteiger partial charge in [-0.15, -0.1) is 0 Å². The summed E-state index contributed by atoms with van der Waals surface area (Å²) in [5.74, 6) is 0. The van der Waals surface area contributed by atoms with E-state index in [2.05, 4.69) is 14.6 Å². The van der Waals surface area contributed by atoms with Crippen molar-refractivity contribution in [2.24, 2.45) is 0 Å². The van der Waals surface area contributed by atoms with Crippen molar-refractivity contribution in [3.8, 4) is 0 Å². The summed E-state index contributed by atoms with van der Waals surface area (Å²) in [5.41, 5.74) is 0. The first-order valence-corrected chi connectivity index (χ1v) is 5.91. The maximum atomic E-state index is 2.53. The van der Waals surface area contributed by atoms with Gasteiger partial charge in [-0.25, -0.2) is 0 Å². The molecule has 1 fully saturated rings. The molecule has 10 heavy (non-hydrogen) atoms. The first-order valence-electron chi connectivity index (χ1n) is 3.75. The molecule has 0 bridgehead atoms. The van der Waals surface area contributed by atoms with E-state index in [9.17, 15) is 0 Å². The van der Waals surface area contributed by atoms with E-state index < -0.39 is 0 Å². The molecule has 0 aliphatic carbocycles. The summed E-state index contributed by atoms with van der Waals surface area (Å²) in [5, 5.41) is 0. The third-order valence-electron chi connectivity index (χ3n) is 2.03. The van der Waals surface area contributed by atoms with Crippen molar-refractivity contribution in [1.29, 1.82) is 0 Å². The summed E-state index contributed by atoms with van der Waals surface area (Å²) in [7, 11) is 0. The summed E-state index contributed by atoms with van der Waals surface area (Å²) >= 11 is 3.57. The molecule has 0 spiro atoms. The molecule has 2 nitrogen and oxygen atoms in total. The Labute approximate surface area is 80.8 Å². The predicted octanol–water partition coefficient (Wildman–Crippen LogP) is -1.52. The molecule has 60 valence electrons. The number of hydrogen-bond donors (Lipinski definition) is 0. The van der Waals surface area contributed by atoms with Gasteiger partial charge < -0.3 is 0 Å². The van der Waals surface area contributed by atoms with Crippen molar-refractivity contribution in [2.75, 3.05) is 19.6 Å². The fraction of sp³-hybridized carbons (Fsp3) is 1.00. The average molecular weight is 266 g/mol. The normalized spacial score (nSPS) is 30.9. The fourth-order valence-electron chi connectivity index (χ4n) is 1.26. The van der Waals surface area contributed by atoms with Gasteiger partial charge in [0.05, 0.1) is 0 Å². The third kappa shape index (κ3) is 2.27. The fourth-order valence-corrected chi connectivity index (χ4v) is 2.89. The van der Waals surface area contributed by atoms with E-state index in [4.69, 9.17) is 0 Å². The summed E-state index contributed by atoms with van der Waals surface area (Å²) < 4.78 is 5.01. The minimum absolute atomic E-state index is 0.834. The van der Waals surface area contributed by atoms with Crippen LogP contribution in [0.15, 0.2) is 0 Å². The van der Waals surface area contributed by atoms with Gasteiger partial charge in [-0.3, -0.25) is 0 Å². The van der Waals surface area contributed by atoms with Gasteiger partial charge in [0.15, 0.2) is 0 Å². The van der Waals surface area contributed by atoms with Crippen LogP contribution in [0.4, 0.5) is 0 Å². The minimum atomic E-state index is 0.834. The Bertz CT molecular complexity index is 110. The molecular formula is C6H16As2N2. The van der Waals surface area contributed by atoms with Crippen molar-refractivity contribution in [1.82, 2.24) is 7.63 Å². The molecule has 0 aromatic rings. The van der Waals surface area contributed by atoms with Gasteiger partial charge in [-0.05, 0) is 0 Å². The van der Waals surface area contributed by atoms with Gasteiger partial charge in [0.1, 0.15) is 0 Å². The van der Waals surface area contributed by atoms with Crippen LogP contribution in [0.3, 0.4) is 0 Å². The Morgan fingerprint density at radius 2 is 2.10 bits per heavy atom. The Kier molecular flexibility index (Phi) is 3.80. The zero-order chi connectivity index (χ0) is 7.56. The van der Waals surface area contributed by atoms with E-state index in [0.29, 0.717) is 0 Å². The molecule has 0 amide bonds. The van der Waals surface area contributed by atoms with E-state index >= 15 is 0 Å². The van der Waals surface area contributed by atoms with Crippen molar-refractivity contribution < 1.29 is 0 Å². The Balaban J connectivity index is 2.38. The monoisotopic (exact) mass is 266 g/mol. The van der Waals surface area contributed by atoms with Gasteiger partial charge in [0.2, 0.25) is 0 Å². The van der Waals surface area contributed by atoms with E-state index in [1.165, 1.54) is 26.1 Å². The molecule has 0 saturated carbocycles. The number of nitrogens with zero attached hydrogens (tertiary/aromatic N) is 2. The quantitative estimate of drug-likeness (QED) is 0.532. The first kappa shape index (κ1) is 9.13. The molecule has 0 aromatic heterocycles. The van der Waals surface area contributed by atoms with Gasteiger partial charge in [0, 0.05) is 0 Å². The van der Waals surface area contributed by atoms with Crippen LogP contribution in [-0.4, -0.2) is 67.5 Å². The van der Waals surface area contributed by atoms with Crippen LogP contribution in [-0.2, 0) is 0 Å². The first-order chi connectivity index (χ1) is 4.74. The van der Waals surface area contributed by atoms with Gasteiger partial charge >= 0.3 is 80.8 Å². The van der Waals surface area contributed by atoms with Crippen molar-refractivity contribution in [3.63, 3.8) is 0 Å². The molecular weight excluding hydrogens is 250 g/mol. The molecule has 1 heterocycles. The van der Waals surface area contributed by atoms with Crippen LogP contribution in [0.1, 0.15) is 13.3 Å². The SMILES string of the molecule is CCC1CN([AsH2])CCN1[AsH2]. The number of hydrogen-bond acceptors (Lipinski definition) is 2. The second-order valence-electron chi connectivity index (χ2n) is 2.79. The van der Waals surface area contributed by atoms with E-state index in [0.717, 1.165) is 6.04 Å². The average Bonchev–Trinajstić information content (AvgIpc) is 1.94. The Morgan fingerprint density at radius 3 is 2.60 bits per heavy atom. The van der Waals surface area contributed by atoms with Crippen LogP contribution in [0.2, 0.25) is 0 Å². The topological polar surface area (TPSA) is 6.48 Å². The van der Waals surface area contributed by atoms with Crippen LogP contribution in [0, 0.1) is 0 Å². The zero-order valence-electron chi connectivity index (χ0n) is 6.45. The van der Waals surface area contributed by atoms with Gasteiger partial charge in [0.25, 0.3) is 0 Å². The molecule has 0 N–H and O–H groups in total. The summed E-state index contributed by atoms with van der Waals surface area (Å²) in [6, 6.07) is 0.834. The second kappa shape index (κ2) is 4.16. The summed E-state index contributed by atoms with van der Waals surface area (Å²) in [4.78, 5) is 0. The molecule has 4 heteroatoms.